The van der Waals surface area contributed by atoms with Gasteiger partial charge in [-0.25, -0.2) is 4.98 Å². The molecule has 6 heteroatoms. The lowest BCUT2D eigenvalue weighted by molar-refractivity contribution is 0.280. The average molecular weight is 417 g/mol. The third-order valence-electron chi connectivity index (χ3n) is 4.94. The fourth-order valence-electron chi connectivity index (χ4n) is 3.44. The molecule has 1 aliphatic heterocycles. The second-order valence-electron chi connectivity index (χ2n) is 7.03. The molecule has 3 aromatic rings. The molecule has 1 fully saturated rings. The van der Waals surface area contributed by atoms with Gasteiger partial charge in [-0.05, 0) is 81.2 Å². The van der Waals surface area contributed by atoms with Crippen LogP contribution >= 0.6 is 12.4 Å². The Morgan fingerprint density at radius 1 is 0.966 bits per heavy atom. The molecule has 0 radical (unpaired) electrons. The standard InChI is InChI=1S/C23H26N2O2.ClH.H2O/c1-2-8-22-21(7-1)24-23(27-22)14-11-19-9-12-20(13-10-19)26-18-6-5-17-25-15-3-4-16-25;;/h1-2,7-14H,3-6,15-18H2;1H;1H2/b14-11+;;. The molecule has 2 heterocycles. The van der Waals surface area contributed by atoms with Gasteiger partial charge in [0, 0.05) is 6.08 Å². The van der Waals surface area contributed by atoms with Gasteiger partial charge < -0.3 is 19.5 Å². The van der Waals surface area contributed by atoms with E-state index in [2.05, 4.69) is 22.0 Å². The summed E-state index contributed by atoms with van der Waals surface area (Å²) in [5.74, 6) is 1.55. The molecule has 5 nitrogen and oxygen atoms in total. The fourth-order valence-corrected chi connectivity index (χ4v) is 3.44. The summed E-state index contributed by atoms with van der Waals surface area (Å²) < 4.78 is 11.6. The number of hydrogen-bond donors (Lipinski definition) is 0. The van der Waals surface area contributed by atoms with E-state index in [0.717, 1.165) is 35.4 Å². The van der Waals surface area contributed by atoms with Gasteiger partial charge in [-0.1, -0.05) is 24.3 Å². The first-order valence-corrected chi connectivity index (χ1v) is 9.86. The lowest BCUT2D eigenvalue weighted by Gasteiger charge is -2.14. The summed E-state index contributed by atoms with van der Waals surface area (Å²) in [5, 5.41) is 0. The minimum Gasteiger partial charge on any atom is -0.494 e. The molecule has 1 saturated heterocycles. The summed E-state index contributed by atoms with van der Waals surface area (Å²) in [6.45, 7) is 4.55. The van der Waals surface area contributed by atoms with Crippen molar-refractivity contribution in [1.29, 1.82) is 0 Å². The smallest absolute Gasteiger partial charge is 0.220 e. The zero-order valence-electron chi connectivity index (χ0n) is 16.5. The third kappa shape index (κ3) is 6.60. The Balaban J connectivity index is 0.00000150. The van der Waals surface area contributed by atoms with Crippen LogP contribution in [0.3, 0.4) is 0 Å². The van der Waals surface area contributed by atoms with Crippen molar-refractivity contribution in [3.63, 3.8) is 0 Å². The predicted molar refractivity (Wildman–Crippen MR) is 121 cm³/mol. The highest BCUT2D eigenvalue weighted by molar-refractivity contribution is 5.85. The minimum absolute atomic E-state index is 0. The maximum Gasteiger partial charge on any atom is 0.220 e. The molecule has 0 spiro atoms. The second-order valence-corrected chi connectivity index (χ2v) is 7.03. The number of aromatic nitrogens is 1. The first-order chi connectivity index (χ1) is 13.4. The number of fused-ring (bicyclic) bond motifs is 1. The summed E-state index contributed by atoms with van der Waals surface area (Å²) in [6, 6.07) is 15.9. The van der Waals surface area contributed by atoms with Crippen LogP contribution in [0.4, 0.5) is 0 Å². The zero-order valence-corrected chi connectivity index (χ0v) is 17.4. The van der Waals surface area contributed by atoms with Gasteiger partial charge in [0.1, 0.15) is 11.3 Å². The summed E-state index contributed by atoms with van der Waals surface area (Å²) in [6.07, 6.45) is 8.95. The van der Waals surface area contributed by atoms with Gasteiger partial charge in [0.25, 0.3) is 0 Å². The highest BCUT2D eigenvalue weighted by Gasteiger charge is 2.10. The van der Waals surface area contributed by atoms with Gasteiger partial charge in [-0.3, -0.25) is 0 Å². The van der Waals surface area contributed by atoms with E-state index in [4.69, 9.17) is 9.15 Å². The van der Waals surface area contributed by atoms with E-state index in [1.807, 2.05) is 48.6 Å². The monoisotopic (exact) mass is 416 g/mol. The Bertz CT molecular complexity index is 854. The summed E-state index contributed by atoms with van der Waals surface area (Å²) >= 11 is 0. The first-order valence-electron chi connectivity index (χ1n) is 9.86. The van der Waals surface area contributed by atoms with Crippen LogP contribution in [-0.4, -0.2) is 41.6 Å². The Kier molecular flexibility index (Phi) is 9.19. The van der Waals surface area contributed by atoms with Crippen LogP contribution in [0.5, 0.6) is 5.75 Å². The molecular formula is C23H29ClN2O3. The number of benzene rings is 2. The number of hydrogen-bond acceptors (Lipinski definition) is 4. The van der Waals surface area contributed by atoms with Crippen LogP contribution in [0.25, 0.3) is 23.3 Å². The van der Waals surface area contributed by atoms with Gasteiger partial charge in [-0.15, -0.1) is 12.4 Å². The van der Waals surface area contributed by atoms with Crippen molar-refractivity contribution in [2.45, 2.75) is 25.7 Å². The maximum absolute atomic E-state index is 5.85. The van der Waals surface area contributed by atoms with E-state index in [9.17, 15) is 0 Å². The number of oxazole rings is 1. The predicted octanol–water partition coefficient (Wildman–Crippen LogP) is 4.85. The van der Waals surface area contributed by atoms with Crippen molar-refractivity contribution in [1.82, 2.24) is 9.88 Å². The van der Waals surface area contributed by atoms with Crippen molar-refractivity contribution >= 4 is 35.7 Å². The van der Waals surface area contributed by atoms with E-state index in [1.54, 1.807) is 0 Å². The number of ether oxygens (including phenoxy) is 1. The number of para-hydroxylation sites is 2. The van der Waals surface area contributed by atoms with Crippen LogP contribution in [-0.2, 0) is 0 Å². The van der Waals surface area contributed by atoms with E-state index < -0.39 is 0 Å². The molecule has 4 rings (SSSR count). The Morgan fingerprint density at radius 2 is 1.72 bits per heavy atom. The van der Waals surface area contributed by atoms with E-state index in [0.29, 0.717) is 5.89 Å². The normalized spacial score (nSPS) is 14.1. The molecule has 2 aromatic carbocycles. The molecule has 0 aliphatic carbocycles. The molecule has 2 N–H and O–H groups in total. The van der Waals surface area contributed by atoms with Gasteiger partial charge in [0.15, 0.2) is 5.58 Å². The van der Waals surface area contributed by atoms with Crippen molar-refractivity contribution in [2.24, 2.45) is 0 Å². The summed E-state index contributed by atoms with van der Waals surface area (Å²) in [5.41, 5.74) is 2.79. The molecule has 29 heavy (non-hydrogen) atoms. The van der Waals surface area contributed by atoms with Crippen molar-refractivity contribution < 1.29 is 14.6 Å². The van der Waals surface area contributed by atoms with Crippen molar-refractivity contribution in [3.05, 3.63) is 60.0 Å². The Morgan fingerprint density at radius 3 is 2.48 bits per heavy atom. The van der Waals surface area contributed by atoms with Crippen LogP contribution in [0, 0.1) is 0 Å². The quantitative estimate of drug-likeness (QED) is 0.492. The number of unbranched alkanes of at least 4 members (excludes halogenated alkanes) is 1. The molecule has 0 saturated carbocycles. The Hall–Kier alpha value is -2.34. The van der Waals surface area contributed by atoms with Gasteiger partial charge in [-0.2, -0.15) is 0 Å². The summed E-state index contributed by atoms with van der Waals surface area (Å²) in [7, 11) is 0. The molecule has 156 valence electrons. The van der Waals surface area contributed by atoms with E-state index in [-0.39, 0.29) is 17.9 Å². The lowest BCUT2D eigenvalue weighted by Crippen LogP contribution is -2.20. The van der Waals surface area contributed by atoms with E-state index >= 15 is 0 Å². The largest absolute Gasteiger partial charge is 0.494 e. The fraction of sp³-hybridized carbons (Fsp3) is 0.348. The average Bonchev–Trinajstić information content (AvgIpc) is 3.36. The topological polar surface area (TPSA) is 70.0 Å². The van der Waals surface area contributed by atoms with Crippen molar-refractivity contribution in [3.8, 4) is 5.75 Å². The van der Waals surface area contributed by atoms with Crippen LogP contribution in [0.15, 0.2) is 52.9 Å². The highest BCUT2D eigenvalue weighted by Crippen LogP contribution is 2.18. The third-order valence-corrected chi connectivity index (χ3v) is 4.94. The molecule has 0 unspecified atom stereocenters. The van der Waals surface area contributed by atoms with Crippen LogP contribution in [0.2, 0.25) is 0 Å². The minimum atomic E-state index is 0. The Labute approximate surface area is 178 Å². The SMILES string of the molecule is C(=C\c1nc2ccccc2o1)/c1ccc(OCCCCN2CCCC2)cc1.Cl.O. The van der Waals surface area contributed by atoms with Gasteiger partial charge >= 0.3 is 0 Å². The number of halogens is 1. The molecule has 0 amide bonds. The summed E-state index contributed by atoms with van der Waals surface area (Å²) in [4.78, 5) is 7.00. The second kappa shape index (κ2) is 11.6. The van der Waals surface area contributed by atoms with E-state index in [1.165, 1.54) is 38.9 Å². The first kappa shape index (κ1) is 22.9. The van der Waals surface area contributed by atoms with Crippen molar-refractivity contribution in [2.75, 3.05) is 26.2 Å². The van der Waals surface area contributed by atoms with Crippen LogP contribution in [0.1, 0.15) is 37.1 Å². The molecule has 0 bridgehead atoms. The maximum atomic E-state index is 5.85. The zero-order chi connectivity index (χ0) is 18.3. The molecule has 1 aliphatic rings. The molecule has 1 aromatic heterocycles. The number of rotatable bonds is 8. The van der Waals surface area contributed by atoms with Crippen LogP contribution < -0.4 is 4.74 Å². The number of likely N-dealkylation sites (tertiary alicyclic amines) is 1. The van der Waals surface area contributed by atoms with Gasteiger partial charge in [0.05, 0.1) is 6.61 Å². The molecule has 0 atom stereocenters. The van der Waals surface area contributed by atoms with Gasteiger partial charge in [0.2, 0.25) is 5.89 Å². The molecular weight excluding hydrogens is 388 g/mol. The lowest BCUT2D eigenvalue weighted by atomic mass is 10.2. The number of nitrogens with zero attached hydrogens (tertiary/aromatic N) is 2. The highest BCUT2D eigenvalue weighted by atomic mass is 35.5.